The summed E-state index contributed by atoms with van der Waals surface area (Å²) < 4.78 is 31.4. The highest BCUT2D eigenvalue weighted by Gasteiger charge is 2.29. The first-order valence-corrected chi connectivity index (χ1v) is 11.8. The van der Waals surface area contributed by atoms with Crippen LogP contribution in [0.5, 0.6) is 5.75 Å². The summed E-state index contributed by atoms with van der Waals surface area (Å²) in [5.41, 5.74) is 0.553. The molecule has 0 saturated carbocycles. The van der Waals surface area contributed by atoms with Crippen molar-refractivity contribution in [2.75, 3.05) is 19.8 Å². The van der Waals surface area contributed by atoms with E-state index in [-0.39, 0.29) is 23.9 Å². The summed E-state index contributed by atoms with van der Waals surface area (Å²) in [5, 5.41) is 15.3. The molecule has 3 unspecified atom stereocenters. The van der Waals surface area contributed by atoms with E-state index in [1.165, 1.54) is 12.1 Å². The molecule has 188 valence electrons. The molecule has 1 saturated heterocycles. The van der Waals surface area contributed by atoms with Crippen molar-refractivity contribution in [2.24, 2.45) is 0 Å². The number of carboxylic acids is 1. The molecule has 1 aliphatic heterocycles. The number of carboxylic acid groups (broad SMARTS) is 1. The SMILES string of the molecule is CC(C)(C)OC(=O)NC1CCCNC1COC1CC=C(c2c(F)cccc2OCC(=O)O)CC1. The molecule has 1 fully saturated rings. The van der Waals surface area contributed by atoms with Gasteiger partial charge in [-0.25, -0.2) is 14.0 Å². The van der Waals surface area contributed by atoms with Crippen LogP contribution in [0.2, 0.25) is 0 Å². The molecule has 2 aliphatic rings. The molecule has 3 atom stereocenters. The summed E-state index contributed by atoms with van der Waals surface area (Å²) in [7, 11) is 0. The van der Waals surface area contributed by atoms with Crippen LogP contribution in [-0.4, -0.2) is 60.7 Å². The van der Waals surface area contributed by atoms with Gasteiger partial charge in [0.15, 0.2) is 6.61 Å². The summed E-state index contributed by atoms with van der Waals surface area (Å²) >= 11 is 0. The number of nitrogens with one attached hydrogen (secondary N) is 2. The van der Waals surface area contributed by atoms with Gasteiger partial charge in [0.05, 0.1) is 24.3 Å². The number of halogens is 1. The third-order valence-electron chi connectivity index (χ3n) is 5.81. The minimum absolute atomic E-state index is 0.0192. The highest BCUT2D eigenvalue weighted by molar-refractivity contribution is 5.73. The maximum atomic E-state index is 14.5. The van der Waals surface area contributed by atoms with Crippen LogP contribution >= 0.6 is 0 Å². The lowest BCUT2D eigenvalue weighted by atomic mass is 9.91. The smallest absolute Gasteiger partial charge is 0.407 e. The first-order chi connectivity index (χ1) is 16.1. The van der Waals surface area contributed by atoms with Crippen molar-refractivity contribution in [2.45, 2.75) is 76.7 Å². The van der Waals surface area contributed by atoms with Gasteiger partial charge in [0.2, 0.25) is 0 Å². The van der Waals surface area contributed by atoms with E-state index in [0.29, 0.717) is 31.4 Å². The van der Waals surface area contributed by atoms with Crippen molar-refractivity contribution < 1.29 is 33.3 Å². The number of alkyl carbamates (subject to hydrolysis) is 1. The molecule has 9 heteroatoms. The molecule has 3 rings (SSSR count). The molecule has 1 aliphatic carbocycles. The molecule has 0 aromatic heterocycles. The lowest BCUT2D eigenvalue weighted by molar-refractivity contribution is -0.139. The van der Waals surface area contributed by atoms with Gasteiger partial charge >= 0.3 is 12.1 Å². The number of rotatable bonds is 8. The van der Waals surface area contributed by atoms with Crippen LogP contribution in [0.25, 0.3) is 5.57 Å². The summed E-state index contributed by atoms with van der Waals surface area (Å²) in [6.45, 7) is 6.28. The average Bonchev–Trinajstić information content (AvgIpc) is 2.76. The van der Waals surface area contributed by atoms with Gasteiger partial charge in [-0.05, 0) is 77.1 Å². The van der Waals surface area contributed by atoms with Crippen LogP contribution in [-0.2, 0) is 14.3 Å². The fourth-order valence-corrected chi connectivity index (χ4v) is 4.26. The Kier molecular flexibility index (Phi) is 8.90. The Morgan fingerprint density at radius 2 is 2.06 bits per heavy atom. The minimum atomic E-state index is -1.11. The number of carbonyl (C=O) groups excluding carboxylic acids is 1. The van der Waals surface area contributed by atoms with Gasteiger partial charge in [0.25, 0.3) is 0 Å². The van der Waals surface area contributed by atoms with Crippen LogP contribution in [0, 0.1) is 5.82 Å². The summed E-state index contributed by atoms with van der Waals surface area (Å²) in [6.07, 6.45) is 5.20. The molecule has 1 aromatic rings. The quantitative estimate of drug-likeness (QED) is 0.521. The maximum absolute atomic E-state index is 14.5. The second-order valence-corrected chi connectivity index (χ2v) is 9.71. The molecule has 3 N–H and O–H groups in total. The maximum Gasteiger partial charge on any atom is 0.407 e. The fourth-order valence-electron chi connectivity index (χ4n) is 4.26. The zero-order chi connectivity index (χ0) is 24.7. The number of hydrogen-bond donors (Lipinski definition) is 3. The average molecular weight is 479 g/mol. The Morgan fingerprint density at radius 3 is 2.74 bits per heavy atom. The molecule has 1 amide bonds. The van der Waals surface area contributed by atoms with Crippen LogP contribution in [0.1, 0.15) is 58.4 Å². The molecule has 0 radical (unpaired) electrons. The van der Waals surface area contributed by atoms with Crippen LogP contribution < -0.4 is 15.4 Å². The van der Waals surface area contributed by atoms with Crippen molar-refractivity contribution in [3.8, 4) is 5.75 Å². The lowest BCUT2D eigenvalue weighted by Crippen LogP contribution is -2.56. The highest BCUT2D eigenvalue weighted by atomic mass is 19.1. The first kappa shape index (κ1) is 26.0. The largest absolute Gasteiger partial charge is 0.481 e. The van der Waals surface area contributed by atoms with E-state index in [0.717, 1.165) is 25.0 Å². The van der Waals surface area contributed by atoms with Crippen molar-refractivity contribution in [3.05, 3.63) is 35.7 Å². The fraction of sp³-hybridized carbons (Fsp3) is 0.600. The molecular weight excluding hydrogens is 443 g/mol. The molecule has 0 bridgehead atoms. The Labute approximate surface area is 199 Å². The van der Waals surface area contributed by atoms with E-state index in [2.05, 4.69) is 10.6 Å². The number of piperidine rings is 1. The number of hydrogen-bond acceptors (Lipinski definition) is 6. The van der Waals surface area contributed by atoms with Crippen molar-refractivity contribution in [3.63, 3.8) is 0 Å². The second kappa shape index (κ2) is 11.7. The zero-order valence-electron chi connectivity index (χ0n) is 20.1. The van der Waals surface area contributed by atoms with E-state index in [9.17, 15) is 14.0 Å². The molecule has 1 heterocycles. The first-order valence-electron chi connectivity index (χ1n) is 11.8. The van der Waals surface area contributed by atoms with Crippen LogP contribution in [0.15, 0.2) is 24.3 Å². The summed E-state index contributed by atoms with van der Waals surface area (Å²) in [5.74, 6) is -1.32. The van der Waals surface area contributed by atoms with Gasteiger partial charge < -0.3 is 30.0 Å². The minimum Gasteiger partial charge on any atom is -0.481 e. The number of allylic oxidation sites excluding steroid dienone is 1. The van der Waals surface area contributed by atoms with Gasteiger partial charge in [0, 0.05) is 6.04 Å². The van der Waals surface area contributed by atoms with E-state index < -0.39 is 30.1 Å². The Balaban J connectivity index is 1.56. The number of ether oxygens (including phenoxy) is 3. The molecule has 8 nitrogen and oxygen atoms in total. The zero-order valence-corrected chi connectivity index (χ0v) is 20.1. The summed E-state index contributed by atoms with van der Waals surface area (Å²) in [6, 6.07) is 4.33. The molecular formula is C25H35FN2O6. The second-order valence-electron chi connectivity index (χ2n) is 9.71. The van der Waals surface area contributed by atoms with E-state index in [4.69, 9.17) is 19.3 Å². The Morgan fingerprint density at radius 1 is 1.26 bits per heavy atom. The van der Waals surface area contributed by atoms with Crippen molar-refractivity contribution >= 4 is 17.6 Å². The van der Waals surface area contributed by atoms with Crippen molar-refractivity contribution in [1.82, 2.24) is 10.6 Å². The molecule has 1 aromatic carbocycles. The summed E-state index contributed by atoms with van der Waals surface area (Å²) in [4.78, 5) is 23.1. The predicted octanol–water partition coefficient (Wildman–Crippen LogP) is 3.89. The third-order valence-corrected chi connectivity index (χ3v) is 5.81. The Bertz CT molecular complexity index is 898. The molecule has 34 heavy (non-hydrogen) atoms. The standard InChI is InChI=1S/C25H35FN2O6/c1-25(2,3)34-24(31)28-19-7-5-13-27-20(19)14-32-17-11-9-16(10-12-17)23-18(26)6-4-8-21(23)33-15-22(29)30/h4,6,8-9,17,19-20,27H,5,7,10-15H2,1-3H3,(H,28,31)(H,29,30). The Hall–Kier alpha value is -2.65. The van der Waals surface area contributed by atoms with Gasteiger partial charge in [-0.3, -0.25) is 0 Å². The highest BCUT2D eigenvalue weighted by Crippen LogP contribution is 2.35. The van der Waals surface area contributed by atoms with E-state index >= 15 is 0 Å². The number of amides is 1. The van der Waals surface area contributed by atoms with E-state index in [1.54, 1.807) is 6.07 Å². The predicted molar refractivity (Wildman–Crippen MR) is 125 cm³/mol. The third kappa shape index (κ3) is 7.70. The normalized spacial score (nSPS) is 23.1. The number of aliphatic carboxylic acids is 1. The topological polar surface area (TPSA) is 106 Å². The number of benzene rings is 1. The van der Waals surface area contributed by atoms with Gasteiger partial charge in [-0.1, -0.05) is 12.1 Å². The lowest BCUT2D eigenvalue weighted by Gasteiger charge is -2.35. The van der Waals surface area contributed by atoms with Gasteiger partial charge in [0.1, 0.15) is 17.2 Å². The van der Waals surface area contributed by atoms with Gasteiger partial charge in [-0.2, -0.15) is 0 Å². The van der Waals surface area contributed by atoms with Crippen LogP contribution in [0.4, 0.5) is 9.18 Å². The van der Waals surface area contributed by atoms with Gasteiger partial charge in [-0.15, -0.1) is 0 Å². The monoisotopic (exact) mass is 478 g/mol. The number of carbonyl (C=O) groups is 2. The molecule has 0 spiro atoms. The van der Waals surface area contributed by atoms with Crippen LogP contribution in [0.3, 0.4) is 0 Å². The van der Waals surface area contributed by atoms with E-state index in [1.807, 2.05) is 26.8 Å². The van der Waals surface area contributed by atoms with Crippen molar-refractivity contribution in [1.29, 1.82) is 0 Å².